The van der Waals surface area contributed by atoms with Gasteiger partial charge in [0.2, 0.25) is 5.91 Å². The Hall–Kier alpha value is -2.65. The highest BCUT2D eigenvalue weighted by Gasteiger charge is 2.12. The number of fused-ring (bicyclic) bond motifs is 1. The number of thioether (sulfide) groups is 1. The van der Waals surface area contributed by atoms with Gasteiger partial charge in [0.25, 0.3) is 0 Å². The van der Waals surface area contributed by atoms with Gasteiger partial charge in [-0.05, 0) is 29.8 Å². The van der Waals surface area contributed by atoms with Gasteiger partial charge in [0.05, 0.1) is 30.6 Å². The lowest BCUT2D eigenvalue weighted by Crippen LogP contribution is -2.14. The van der Waals surface area contributed by atoms with E-state index >= 15 is 0 Å². The topological polar surface area (TPSA) is 71.4 Å². The zero-order chi connectivity index (χ0) is 17.5. The Kier molecular flexibility index (Phi) is 5.81. The number of nitrogens with zero attached hydrogens (tertiary/aromatic N) is 1. The van der Waals surface area contributed by atoms with Crippen LogP contribution < -0.4 is 14.8 Å². The van der Waals surface area contributed by atoms with Crippen molar-refractivity contribution in [3.63, 3.8) is 0 Å². The molecule has 2 aromatic rings. The second kappa shape index (κ2) is 8.45. The smallest absolute Gasteiger partial charge is 0.234 e. The molecule has 0 bridgehead atoms. The Morgan fingerprint density at radius 3 is 2.64 bits per heavy atom. The van der Waals surface area contributed by atoms with Gasteiger partial charge in [-0.2, -0.15) is 5.26 Å². The van der Waals surface area contributed by atoms with Crippen molar-refractivity contribution in [2.24, 2.45) is 0 Å². The third kappa shape index (κ3) is 4.91. The Morgan fingerprint density at radius 1 is 1.12 bits per heavy atom. The lowest BCUT2D eigenvalue weighted by atomic mass is 10.2. The summed E-state index contributed by atoms with van der Waals surface area (Å²) < 4.78 is 11.2. The van der Waals surface area contributed by atoms with Crippen molar-refractivity contribution >= 4 is 23.4 Å². The van der Waals surface area contributed by atoms with E-state index in [9.17, 15) is 4.79 Å². The minimum absolute atomic E-state index is 0.0619. The second-order valence-electron chi connectivity index (χ2n) is 5.56. The number of carbonyl (C=O) groups excluding carboxylic acids is 1. The fraction of sp³-hybridized carbons (Fsp3) is 0.263. The van der Waals surface area contributed by atoms with Crippen molar-refractivity contribution in [2.45, 2.75) is 12.2 Å². The first-order chi connectivity index (χ1) is 12.2. The molecule has 128 valence electrons. The number of benzene rings is 2. The normalized spacial score (nSPS) is 12.8. The summed E-state index contributed by atoms with van der Waals surface area (Å²) in [7, 11) is 0. The first-order valence-electron chi connectivity index (χ1n) is 8.01. The molecule has 1 amide bonds. The first kappa shape index (κ1) is 17.2. The van der Waals surface area contributed by atoms with E-state index in [0.717, 1.165) is 17.7 Å². The van der Waals surface area contributed by atoms with Crippen LogP contribution in [0.15, 0.2) is 42.5 Å². The minimum atomic E-state index is -0.0619. The molecule has 0 aliphatic carbocycles. The van der Waals surface area contributed by atoms with Crippen LogP contribution in [0.25, 0.3) is 0 Å². The summed E-state index contributed by atoms with van der Waals surface area (Å²) >= 11 is 1.53. The predicted octanol–water partition coefficient (Wildman–Crippen LogP) is 3.59. The average molecular weight is 354 g/mol. The van der Waals surface area contributed by atoms with E-state index in [1.54, 1.807) is 18.2 Å². The highest BCUT2D eigenvalue weighted by molar-refractivity contribution is 7.99. The van der Waals surface area contributed by atoms with Crippen LogP contribution in [0.2, 0.25) is 0 Å². The van der Waals surface area contributed by atoms with Gasteiger partial charge in [0.1, 0.15) is 0 Å². The molecular formula is C19H18N2O3S. The summed E-state index contributed by atoms with van der Waals surface area (Å²) in [5.41, 5.74) is 2.43. The van der Waals surface area contributed by atoms with Gasteiger partial charge in [0, 0.05) is 23.9 Å². The van der Waals surface area contributed by atoms with E-state index in [0.29, 0.717) is 41.7 Å². The number of nitriles is 1. The predicted molar refractivity (Wildman–Crippen MR) is 98.0 cm³/mol. The first-order valence-corrected chi connectivity index (χ1v) is 9.16. The molecule has 0 fully saturated rings. The number of hydrogen-bond acceptors (Lipinski definition) is 5. The van der Waals surface area contributed by atoms with Gasteiger partial charge < -0.3 is 14.8 Å². The molecule has 0 saturated carbocycles. The van der Waals surface area contributed by atoms with Gasteiger partial charge in [-0.3, -0.25) is 4.79 Å². The molecule has 1 aliphatic rings. The number of ether oxygens (including phenoxy) is 2. The Labute approximate surface area is 150 Å². The lowest BCUT2D eigenvalue weighted by Gasteiger charge is -2.10. The van der Waals surface area contributed by atoms with Crippen LogP contribution in [0.3, 0.4) is 0 Å². The third-order valence-electron chi connectivity index (χ3n) is 3.62. The van der Waals surface area contributed by atoms with Gasteiger partial charge in [-0.15, -0.1) is 11.8 Å². The molecule has 0 unspecified atom stereocenters. The van der Waals surface area contributed by atoms with Crippen molar-refractivity contribution in [3.8, 4) is 17.6 Å². The number of carbonyl (C=O) groups is 1. The second-order valence-corrected chi connectivity index (χ2v) is 6.55. The fourth-order valence-corrected chi connectivity index (χ4v) is 3.16. The number of nitrogens with one attached hydrogen (secondary N) is 1. The van der Waals surface area contributed by atoms with Crippen LogP contribution in [-0.4, -0.2) is 24.9 Å². The SMILES string of the molecule is N#Cc1ccc(CSCC(=O)Nc2ccc3c(c2)OCCCO3)cc1. The molecule has 0 aromatic heterocycles. The molecule has 1 aliphatic heterocycles. The summed E-state index contributed by atoms with van der Waals surface area (Å²) in [6.45, 7) is 1.26. The van der Waals surface area contributed by atoms with Gasteiger partial charge in [-0.25, -0.2) is 0 Å². The molecule has 0 radical (unpaired) electrons. The van der Waals surface area contributed by atoms with Crippen LogP contribution >= 0.6 is 11.8 Å². The van der Waals surface area contributed by atoms with Gasteiger partial charge in [0.15, 0.2) is 11.5 Å². The zero-order valence-electron chi connectivity index (χ0n) is 13.7. The molecular weight excluding hydrogens is 336 g/mol. The fourth-order valence-electron chi connectivity index (χ4n) is 2.38. The standard InChI is InChI=1S/C19H18N2O3S/c20-11-14-2-4-15(5-3-14)12-25-13-19(22)21-16-6-7-17-18(10-16)24-9-1-8-23-17/h2-7,10H,1,8-9,12-13H2,(H,21,22). The molecule has 2 aromatic carbocycles. The van der Waals surface area contributed by atoms with Crippen LogP contribution in [0.4, 0.5) is 5.69 Å². The maximum atomic E-state index is 12.1. The summed E-state index contributed by atoms with van der Waals surface area (Å²) in [4.78, 5) is 12.1. The summed E-state index contributed by atoms with van der Waals surface area (Å²) in [5.74, 6) is 2.40. The Bertz CT molecular complexity index is 784. The maximum Gasteiger partial charge on any atom is 0.234 e. The van der Waals surface area contributed by atoms with Gasteiger partial charge >= 0.3 is 0 Å². The molecule has 6 heteroatoms. The van der Waals surface area contributed by atoms with Crippen molar-refractivity contribution in [1.82, 2.24) is 0 Å². The Balaban J connectivity index is 1.49. The molecule has 5 nitrogen and oxygen atoms in total. The quantitative estimate of drug-likeness (QED) is 0.888. The van der Waals surface area contributed by atoms with E-state index in [4.69, 9.17) is 14.7 Å². The third-order valence-corrected chi connectivity index (χ3v) is 4.62. The largest absolute Gasteiger partial charge is 0.490 e. The molecule has 25 heavy (non-hydrogen) atoms. The highest BCUT2D eigenvalue weighted by atomic mass is 32.2. The van der Waals surface area contributed by atoms with E-state index in [1.807, 2.05) is 24.3 Å². The summed E-state index contributed by atoms with van der Waals surface area (Å²) in [5, 5.41) is 11.7. The van der Waals surface area contributed by atoms with E-state index < -0.39 is 0 Å². The monoisotopic (exact) mass is 354 g/mol. The van der Waals surface area contributed by atoms with E-state index in [1.165, 1.54) is 11.8 Å². The maximum absolute atomic E-state index is 12.1. The van der Waals surface area contributed by atoms with Crippen molar-refractivity contribution in [2.75, 3.05) is 24.3 Å². The van der Waals surface area contributed by atoms with E-state index in [-0.39, 0.29) is 5.91 Å². The van der Waals surface area contributed by atoms with E-state index in [2.05, 4.69) is 11.4 Å². The summed E-state index contributed by atoms with van der Waals surface area (Å²) in [6, 6.07) is 14.9. The molecule has 1 N–H and O–H groups in total. The van der Waals surface area contributed by atoms with Crippen LogP contribution in [-0.2, 0) is 10.5 Å². The summed E-state index contributed by atoms with van der Waals surface area (Å²) in [6.07, 6.45) is 0.850. The van der Waals surface area contributed by atoms with Crippen molar-refractivity contribution < 1.29 is 14.3 Å². The zero-order valence-corrected chi connectivity index (χ0v) is 14.5. The average Bonchev–Trinajstić information content (AvgIpc) is 2.87. The van der Waals surface area contributed by atoms with Crippen LogP contribution in [0, 0.1) is 11.3 Å². The highest BCUT2D eigenvalue weighted by Crippen LogP contribution is 2.32. The van der Waals surface area contributed by atoms with Gasteiger partial charge in [-0.1, -0.05) is 12.1 Å². The molecule has 0 atom stereocenters. The lowest BCUT2D eigenvalue weighted by molar-refractivity contribution is -0.113. The molecule has 0 saturated heterocycles. The molecule has 3 rings (SSSR count). The number of amides is 1. The number of hydrogen-bond donors (Lipinski definition) is 1. The Morgan fingerprint density at radius 2 is 1.88 bits per heavy atom. The number of rotatable bonds is 5. The van der Waals surface area contributed by atoms with Crippen molar-refractivity contribution in [3.05, 3.63) is 53.6 Å². The van der Waals surface area contributed by atoms with Crippen LogP contribution in [0.5, 0.6) is 11.5 Å². The van der Waals surface area contributed by atoms with Crippen LogP contribution in [0.1, 0.15) is 17.5 Å². The molecule has 0 spiro atoms. The van der Waals surface area contributed by atoms with Crippen molar-refractivity contribution in [1.29, 1.82) is 5.26 Å². The molecule has 1 heterocycles. The number of anilines is 1. The minimum Gasteiger partial charge on any atom is -0.490 e.